The summed E-state index contributed by atoms with van der Waals surface area (Å²) in [6.45, 7) is 8.18. The van der Waals surface area contributed by atoms with Gasteiger partial charge in [-0.25, -0.2) is 4.99 Å². The summed E-state index contributed by atoms with van der Waals surface area (Å²) >= 11 is 6.01. The first kappa shape index (κ1) is 21.3. The first-order valence-corrected chi connectivity index (χ1v) is 9.68. The molecule has 7 heteroatoms. The zero-order valence-electron chi connectivity index (χ0n) is 16.8. The molecule has 2 rings (SSSR count). The van der Waals surface area contributed by atoms with Gasteiger partial charge < -0.3 is 20.1 Å². The summed E-state index contributed by atoms with van der Waals surface area (Å²) in [7, 11) is 4.12. The van der Waals surface area contributed by atoms with Crippen molar-refractivity contribution in [3.63, 3.8) is 0 Å². The van der Waals surface area contributed by atoms with Gasteiger partial charge in [0.15, 0.2) is 11.7 Å². The molecule has 0 saturated heterocycles. The van der Waals surface area contributed by atoms with E-state index in [0.29, 0.717) is 19.0 Å². The number of aliphatic imine (C=N–C) groups is 1. The minimum Gasteiger partial charge on any atom is -0.359 e. The summed E-state index contributed by atoms with van der Waals surface area (Å²) in [5.41, 5.74) is 2.15. The third-order valence-corrected chi connectivity index (χ3v) is 4.50. The molecule has 0 amide bonds. The van der Waals surface area contributed by atoms with E-state index in [2.05, 4.69) is 65.8 Å². The van der Waals surface area contributed by atoms with Gasteiger partial charge >= 0.3 is 0 Å². The van der Waals surface area contributed by atoms with Crippen LogP contribution in [-0.2, 0) is 6.54 Å². The van der Waals surface area contributed by atoms with Crippen molar-refractivity contribution in [3.8, 4) is 0 Å². The van der Waals surface area contributed by atoms with Gasteiger partial charge in [-0.1, -0.05) is 42.7 Å². The first-order chi connectivity index (χ1) is 12.9. The van der Waals surface area contributed by atoms with E-state index in [1.807, 2.05) is 25.1 Å². The maximum atomic E-state index is 6.01. The van der Waals surface area contributed by atoms with Crippen molar-refractivity contribution in [1.82, 2.24) is 20.7 Å². The van der Waals surface area contributed by atoms with Crippen LogP contribution in [0.15, 0.2) is 39.8 Å². The molecule has 27 heavy (non-hydrogen) atoms. The van der Waals surface area contributed by atoms with Crippen LogP contribution in [0.1, 0.15) is 49.7 Å². The monoisotopic (exact) mass is 391 g/mol. The normalized spacial score (nSPS) is 13.3. The van der Waals surface area contributed by atoms with Gasteiger partial charge in [0, 0.05) is 24.2 Å². The van der Waals surface area contributed by atoms with Crippen LogP contribution < -0.4 is 10.6 Å². The number of benzene rings is 1. The van der Waals surface area contributed by atoms with Crippen LogP contribution in [0.5, 0.6) is 0 Å². The third kappa shape index (κ3) is 6.56. The highest BCUT2D eigenvalue weighted by molar-refractivity contribution is 6.30. The van der Waals surface area contributed by atoms with Gasteiger partial charge in [-0.05, 0) is 44.6 Å². The van der Waals surface area contributed by atoms with Crippen LogP contribution in [0.3, 0.4) is 0 Å². The maximum Gasteiger partial charge on any atom is 0.191 e. The smallest absolute Gasteiger partial charge is 0.191 e. The number of nitrogens with zero attached hydrogens (tertiary/aromatic N) is 3. The van der Waals surface area contributed by atoms with Crippen molar-refractivity contribution in [2.75, 3.05) is 27.2 Å². The number of halogens is 1. The van der Waals surface area contributed by atoms with E-state index in [1.54, 1.807) is 0 Å². The highest BCUT2D eigenvalue weighted by Crippen LogP contribution is 2.20. The van der Waals surface area contributed by atoms with E-state index in [0.717, 1.165) is 29.0 Å². The molecule has 2 N–H and O–H groups in total. The molecule has 0 aliphatic carbocycles. The average Bonchev–Trinajstić information content (AvgIpc) is 3.10. The Labute approximate surface area is 167 Å². The van der Waals surface area contributed by atoms with Crippen molar-refractivity contribution in [1.29, 1.82) is 0 Å². The Morgan fingerprint density at radius 1 is 1.22 bits per heavy atom. The Kier molecular flexibility index (Phi) is 8.13. The lowest BCUT2D eigenvalue weighted by Crippen LogP contribution is -2.41. The minimum absolute atomic E-state index is 0.198. The molecule has 0 saturated carbocycles. The van der Waals surface area contributed by atoms with Crippen LogP contribution in [0.25, 0.3) is 0 Å². The predicted molar refractivity (Wildman–Crippen MR) is 111 cm³/mol. The molecule has 148 valence electrons. The molecule has 1 unspecified atom stereocenters. The van der Waals surface area contributed by atoms with Crippen LogP contribution in [0, 0.1) is 0 Å². The lowest BCUT2D eigenvalue weighted by Gasteiger charge is -2.26. The van der Waals surface area contributed by atoms with Crippen molar-refractivity contribution in [3.05, 3.63) is 52.4 Å². The Morgan fingerprint density at radius 2 is 1.93 bits per heavy atom. The second-order valence-electron chi connectivity index (χ2n) is 6.98. The molecule has 2 aromatic rings. The number of guanidine groups is 1. The number of hydrogen-bond donors (Lipinski definition) is 2. The van der Waals surface area contributed by atoms with Gasteiger partial charge in [-0.15, -0.1) is 0 Å². The van der Waals surface area contributed by atoms with E-state index in [-0.39, 0.29) is 6.04 Å². The Balaban J connectivity index is 2.03. The quantitative estimate of drug-likeness (QED) is 0.529. The molecular formula is C20H30ClN5O. The second kappa shape index (κ2) is 10.3. The van der Waals surface area contributed by atoms with Crippen LogP contribution in [0.2, 0.25) is 5.02 Å². The molecule has 0 aliphatic rings. The second-order valence-corrected chi connectivity index (χ2v) is 7.42. The molecule has 0 spiro atoms. The molecule has 0 aliphatic heterocycles. The number of nitrogens with one attached hydrogen (secondary N) is 2. The maximum absolute atomic E-state index is 6.01. The average molecular weight is 392 g/mol. The van der Waals surface area contributed by atoms with Crippen LogP contribution >= 0.6 is 11.6 Å². The molecule has 0 bridgehead atoms. The molecule has 0 radical (unpaired) electrons. The largest absolute Gasteiger partial charge is 0.359 e. The van der Waals surface area contributed by atoms with Crippen molar-refractivity contribution >= 4 is 17.6 Å². The molecule has 1 heterocycles. The van der Waals surface area contributed by atoms with Gasteiger partial charge in [0.05, 0.1) is 11.7 Å². The van der Waals surface area contributed by atoms with E-state index >= 15 is 0 Å². The highest BCUT2D eigenvalue weighted by atomic mass is 35.5. The summed E-state index contributed by atoms with van der Waals surface area (Å²) < 4.78 is 5.37. The fraction of sp³-hybridized carbons (Fsp3) is 0.500. The van der Waals surface area contributed by atoms with Gasteiger partial charge in [0.2, 0.25) is 0 Å². The van der Waals surface area contributed by atoms with Crippen LogP contribution in [0.4, 0.5) is 0 Å². The summed E-state index contributed by atoms with van der Waals surface area (Å²) in [6.07, 6.45) is 0. The van der Waals surface area contributed by atoms with Gasteiger partial charge in [-0.2, -0.15) is 0 Å². The Bertz CT molecular complexity index is 724. The molecule has 6 nitrogen and oxygen atoms in total. The van der Waals surface area contributed by atoms with E-state index in [1.165, 1.54) is 5.56 Å². The van der Waals surface area contributed by atoms with Crippen molar-refractivity contribution in [2.45, 2.75) is 39.3 Å². The lowest BCUT2D eigenvalue weighted by molar-refractivity contribution is 0.298. The minimum atomic E-state index is 0.198. The molecule has 1 aromatic heterocycles. The fourth-order valence-corrected chi connectivity index (χ4v) is 2.78. The van der Waals surface area contributed by atoms with E-state index < -0.39 is 0 Å². The molecule has 1 atom stereocenters. The molecule has 1 aromatic carbocycles. The molecule has 0 fully saturated rings. The zero-order chi connectivity index (χ0) is 19.8. The molecular weight excluding hydrogens is 362 g/mol. The topological polar surface area (TPSA) is 65.7 Å². The number of aromatic nitrogens is 1. The fourth-order valence-electron chi connectivity index (χ4n) is 2.65. The van der Waals surface area contributed by atoms with E-state index in [9.17, 15) is 0 Å². The number of hydrogen-bond acceptors (Lipinski definition) is 4. The van der Waals surface area contributed by atoms with Crippen LogP contribution in [-0.4, -0.2) is 43.2 Å². The van der Waals surface area contributed by atoms with Crippen molar-refractivity contribution in [2.24, 2.45) is 4.99 Å². The Hall–Kier alpha value is -2.05. The summed E-state index contributed by atoms with van der Waals surface area (Å²) in [4.78, 5) is 6.79. The first-order valence-electron chi connectivity index (χ1n) is 9.30. The Morgan fingerprint density at radius 3 is 2.48 bits per heavy atom. The standard InChI is InChI=1S/C20H30ClN5O/c1-6-22-20(23-12-17-11-18(14(2)3)25-27-17)24-13-19(26(4)5)15-7-9-16(21)10-8-15/h7-11,14,19H,6,12-13H2,1-5H3,(H2,22,23,24). The summed E-state index contributed by atoms with van der Waals surface area (Å²) in [5, 5.41) is 11.5. The van der Waals surface area contributed by atoms with E-state index in [4.69, 9.17) is 16.1 Å². The summed E-state index contributed by atoms with van der Waals surface area (Å²) in [6, 6.07) is 10.1. The van der Waals surface area contributed by atoms with Gasteiger partial charge in [0.25, 0.3) is 0 Å². The van der Waals surface area contributed by atoms with Crippen molar-refractivity contribution < 1.29 is 4.52 Å². The number of likely N-dealkylation sites (N-methyl/N-ethyl adjacent to an activating group) is 1. The number of rotatable bonds is 8. The third-order valence-electron chi connectivity index (χ3n) is 4.25. The SMILES string of the molecule is CCNC(=NCc1cc(C(C)C)no1)NCC(c1ccc(Cl)cc1)N(C)C. The summed E-state index contributed by atoms with van der Waals surface area (Å²) in [5.74, 6) is 1.86. The van der Waals surface area contributed by atoms with Gasteiger partial charge in [0.1, 0.15) is 6.54 Å². The highest BCUT2D eigenvalue weighted by Gasteiger charge is 2.15. The predicted octanol–water partition coefficient (Wildman–Crippen LogP) is 3.81. The zero-order valence-corrected chi connectivity index (χ0v) is 17.5. The van der Waals surface area contributed by atoms with Gasteiger partial charge in [-0.3, -0.25) is 0 Å². The lowest BCUT2D eigenvalue weighted by atomic mass is 10.1.